The summed E-state index contributed by atoms with van der Waals surface area (Å²) < 4.78 is 23.0. The Kier molecular flexibility index (Phi) is 36.9. The molecule has 6 unspecified atom stereocenters. The zero-order valence-electron chi connectivity index (χ0n) is 39.0. The van der Waals surface area contributed by atoms with Crippen LogP contribution in [-0.4, -0.2) is 96.8 Å². The zero-order valence-corrected chi connectivity index (χ0v) is 39.9. The molecule has 0 aromatic carbocycles. The lowest BCUT2D eigenvalue weighted by molar-refractivity contribution is -0.220. The molecule has 0 aliphatic heterocycles. The summed E-state index contributed by atoms with van der Waals surface area (Å²) in [5.74, 6) is -0.304. The van der Waals surface area contributed by atoms with E-state index in [-0.39, 0.29) is 12.3 Å². The monoisotopic (exact) mass is 894 g/mol. The largest absolute Gasteiger partial charge is 0.472 e. The average Bonchev–Trinajstić information content (AvgIpc) is 3.24. The van der Waals surface area contributed by atoms with Gasteiger partial charge in [-0.15, -0.1) is 0 Å². The van der Waals surface area contributed by atoms with Crippen molar-refractivity contribution in [1.82, 2.24) is 5.32 Å². The number of phosphoric acid groups is 1. The molecule has 61 heavy (non-hydrogen) atoms. The first-order chi connectivity index (χ1) is 29.4. The molecule has 0 radical (unpaired) electrons. The third kappa shape index (κ3) is 30.2. The van der Waals surface area contributed by atoms with Gasteiger partial charge in [-0.2, -0.15) is 0 Å². The highest BCUT2D eigenvalue weighted by atomic mass is 31.2. The van der Waals surface area contributed by atoms with Crippen LogP contribution in [0.5, 0.6) is 0 Å². The molecule has 1 aliphatic rings. The van der Waals surface area contributed by atoms with Crippen LogP contribution in [-0.2, 0) is 18.4 Å². The van der Waals surface area contributed by atoms with E-state index in [1.807, 2.05) is 0 Å². The van der Waals surface area contributed by atoms with E-state index in [1.165, 1.54) is 167 Å². The summed E-state index contributed by atoms with van der Waals surface area (Å²) in [6.07, 6.45) is 30.1. The second kappa shape index (κ2) is 38.6. The van der Waals surface area contributed by atoms with Gasteiger partial charge in [0.25, 0.3) is 0 Å². The predicted octanol–water partition coefficient (Wildman–Crippen LogP) is 10.2. The van der Waals surface area contributed by atoms with Gasteiger partial charge in [0.2, 0.25) is 5.91 Å². The highest BCUT2D eigenvalue weighted by Gasteiger charge is 2.51. The molecule has 364 valence electrons. The highest BCUT2D eigenvalue weighted by molar-refractivity contribution is 7.47. The molecule has 0 saturated heterocycles. The van der Waals surface area contributed by atoms with Gasteiger partial charge in [-0.3, -0.25) is 13.8 Å². The zero-order chi connectivity index (χ0) is 45.0. The van der Waals surface area contributed by atoms with E-state index >= 15 is 0 Å². The maximum absolute atomic E-state index is 13.0. The molecule has 0 spiro atoms. The van der Waals surface area contributed by atoms with Crippen LogP contribution in [0.3, 0.4) is 0 Å². The van der Waals surface area contributed by atoms with E-state index in [2.05, 4.69) is 19.2 Å². The van der Waals surface area contributed by atoms with Crippen LogP contribution in [0.4, 0.5) is 0 Å². The molecule has 1 amide bonds. The minimum absolute atomic E-state index is 0.243. The number of hydrogen-bond donors (Lipinski definition) is 8. The molecule has 13 heteroatoms. The van der Waals surface area contributed by atoms with Crippen molar-refractivity contribution in [1.29, 1.82) is 0 Å². The molecule has 1 rings (SSSR count). The van der Waals surface area contributed by atoms with Gasteiger partial charge in [0.05, 0.1) is 18.8 Å². The molecule has 0 aromatic rings. The quantitative estimate of drug-likeness (QED) is 0.0214. The molecule has 8 N–H and O–H groups in total. The summed E-state index contributed by atoms with van der Waals surface area (Å²) in [5, 5.41) is 64.1. The van der Waals surface area contributed by atoms with Crippen molar-refractivity contribution < 1.29 is 53.9 Å². The summed E-state index contributed by atoms with van der Waals surface area (Å²) in [7, 11) is -5.05. The number of carbonyl (C=O) groups excluding carboxylic acids is 1. The molecule has 1 fully saturated rings. The fourth-order valence-corrected chi connectivity index (χ4v) is 9.46. The first kappa shape index (κ1) is 58.4. The summed E-state index contributed by atoms with van der Waals surface area (Å²) >= 11 is 0. The summed E-state index contributed by atoms with van der Waals surface area (Å²) in [5.41, 5.74) is 0. The molecule has 0 aromatic heterocycles. The van der Waals surface area contributed by atoms with Crippen molar-refractivity contribution in [2.45, 2.75) is 294 Å². The van der Waals surface area contributed by atoms with Crippen molar-refractivity contribution >= 4 is 13.7 Å². The standard InChI is InChI=1S/C48H96NO11P/c1-3-5-7-9-11-13-15-16-17-18-19-20-21-22-23-24-25-26-28-30-32-34-36-38-42(51)49-40(41(50)37-35-33-31-29-27-14-12-10-8-6-4-2)39-59-61(57,58)60-48-46(55)44(53)43(52)45(54)47(48)56/h40-41,43-48,50,52-56H,3-39H2,1-2H3,(H,49,51)(H,57,58)/t40-,41+,43?,44+,45?,46?,47?,48?/m0/s1. The van der Waals surface area contributed by atoms with E-state index in [9.17, 15) is 44.9 Å². The van der Waals surface area contributed by atoms with Gasteiger partial charge >= 0.3 is 7.82 Å². The Morgan fingerprint density at radius 2 is 0.787 bits per heavy atom. The number of unbranched alkanes of at least 4 members (excludes halogenated alkanes) is 32. The van der Waals surface area contributed by atoms with Crippen molar-refractivity contribution in [3.8, 4) is 0 Å². The van der Waals surface area contributed by atoms with Gasteiger partial charge in [0.1, 0.15) is 36.6 Å². The van der Waals surface area contributed by atoms with Gasteiger partial charge in [-0.1, -0.05) is 226 Å². The molecule has 9 atom stereocenters. The Morgan fingerprint density at radius 3 is 1.13 bits per heavy atom. The Hall–Kier alpha value is -0.660. The third-order valence-electron chi connectivity index (χ3n) is 12.7. The lowest BCUT2D eigenvalue weighted by atomic mass is 9.85. The van der Waals surface area contributed by atoms with Crippen LogP contribution in [0.2, 0.25) is 0 Å². The second-order valence-corrected chi connectivity index (χ2v) is 19.8. The van der Waals surface area contributed by atoms with Gasteiger partial charge < -0.3 is 40.8 Å². The summed E-state index contributed by atoms with van der Waals surface area (Å²) in [4.78, 5) is 23.4. The molecular formula is C48H96NO11P. The van der Waals surface area contributed by atoms with E-state index in [0.29, 0.717) is 19.3 Å². The lowest BCUT2D eigenvalue weighted by Crippen LogP contribution is -2.64. The molecule has 1 saturated carbocycles. The van der Waals surface area contributed by atoms with Crippen LogP contribution in [0.25, 0.3) is 0 Å². The van der Waals surface area contributed by atoms with Crippen LogP contribution < -0.4 is 5.32 Å². The number of carbonyl (C=O) groups is 1. The van der Waals surface area contributed by atoms with Crippen molar-refractivity contribution in [3.05, 3.63) is 0 Å². The molecular weight excluding hydrogens is 797 g/mol. The van der Waals surface area contributed by atoms with Crippen LogP contribution >= 0.6 is 7.82 Å². The number of aliphatic hydroxyl groups is 6. The Balaban J connectivity index is 2.32. The maximum atomic E-state index is 13.0. The fraction of sp³-hybridized carbons (Fsp3) is 0.979. The second-order valence-electron chi connectivity index (χ2n) is 18.4. The summed E-state index contributed by atoms with van der Waals surface area (Å²) in [6, 6.07) is -1.02. The smallest absolute Gasteiger partial charge is 0.391 e. The van der Waals surface area contributed by atoms with E-state index in [0.717, 1.165) is 38.5 Å². The molecule has 0 heterocycles. The normalized spacial score (nSPS) is 22.6. The fourth-order valence-electron chi connectivity index (χ4n) is 8.50. The van der Waals surface area contributed by atoms with E-state index in [1.54, 1.807) is 0 Å². The van der Waals surface area contributed by atoms with Gasteiger partial charge in [0, 0.05) is 6.42 Å². The van der Waals surface area contributed by atoms with Crippen LogP contribution in [0.15, 0.2) is 0 Å². The Labute approximate surface area is 372 Å². The SMILES string of the molecule is CCCCCCCCCCCCCCCCCCCCCCCCCC(=O)N[C@@H](COP(=O)(O)OC1C(O)C(O)C(O)[C@@H](O)C1O)[C@H](O)CCCCCCCCCCCCC. The van der Waals surface area contributed by atoms with Gasteiger partial charge in [-0.25, -0.2) is 4.57 Å². The number of hydrogen-bond acceptors (Lipinski definition) is 10. The van der Waals surface area contributed by atoms with Crippen LogP contribution in [0.1, 0.15) is 245 Å². The van der Waals surface area contributed by atoms with E-state index in [4.69, 9.17) is 9.05 Å². The lowest BCUT2D eigenvalue weighted by Gasteiger charge is -2.41. The van der Waals surface area contributed by atoms with Crippen molar-refractivity contribution in [2.75, 3.05) is 6.61 Å². The van der Waals surface area contributed by atoms with Crippen molar-refractivity contribution in [2.24, 2.45) is 0 Å². The number of nitrogens with one attached hydrogen (secondary N) is 1. The van der Waals surface area contributed by atoms with Gasteiger partial charge in [0.15, 0.2) is 0 Å². The number of phosphoric ester groups is 1. The maximum Gasteiger partial charge on any atom is 0.472 e. The van der Waals surface area contributed by atoms with E-state index < -0.39 is 63.2 Å². The van der Waals surface area contributed by atoms with Crippen LogP contribution in [0, 0.1) is 0 Å². The average molecular weight is 894 g/mol. The first-order valence-electron chi connectivity index (χ1n) is 25.5. The number of amides is 1. The van der Waals surface area contributed by atoms with Crippen molar-refractivity contribution in [3.63, 3.8) is 0 Å². The molecule has 0 bridgehead atoms. The Bertz CT molecular complexity index is 1040. The number of aliphatic hydroxyl groups excluding tert-OH is 6. The first-order valence-corrected chi connectivity index (χ1v) is 27.0. The molecule has 1 aliphatic carbocycles. The van der Waals surface area contributed by atoms with Gasteiger partial charge in [-0.05, 0) is 12.8 Å². The highest BCUT2D eigenvalue weighted by Crippen LogP contribution is 2.47. The Morgan fingerprint density at radius 1 is 0.492 bits per heavy atom. The molecule has 12 nitrogen and oxygen atoms in total. The third-order valence-corrected chi connectivity index (χ3v) is 13.7. The summed E-state index contributed by atoms with van der Waals surface area (Å²) in [6.45, 7) is 3.90. The minimum Gasteiger partial charge on any atom is -0.391 e. The topological polar surface area (TPSA) is 206 Å². The minimum atomic E-state index is -5.05. The number of rotatable bonds is 43. The predicted molar refractivity (Wildman–Crippen MR) is 246 cm³/mol.